The summed E-state index contributed by atoms with van der Waals surface area (Å²) in [5.41, 5.74) is 2.64. The summed E-state index contributed by atoms with van der Waals surface area (Å²) in [7, 11) is 0. The summed E-state index contributed by atoms with van der Waals surface area (Å²) in [6.45, 7) is 9.05. The van der Waals surface area contributed by atoms with Crippen molar-refractivity contribution in [2.24, 2.45) is 5.41 Å². The number of hydrogen-bond donors (Lipinski definition) is 4. The molecular weight excluding hydrogens is 304 g/mol. The first-order valence-electron chi connectivity index (χ1n) is 8.96. The van der Waals surface area contributed by atoms with Crippen LogP contribution in [-0.4, -0.2) is 40.2 Å². The number of aliphatic hydroxyl groups excluding tert-OH is 4. The van der Waals surface area contributed by atoms with Gasteiger partial charge in [0.2, 0.25) is 0 Å². The Bertz CT molecular complexity index is 483. The van der Waals surface area contributed by atoms with Crippen LogP contribution in [0.3, 0.4) is 0 Å². The summed E-state index contributed by atoms with van der Waals surface area (Å²) in [5.74, 6) is 0.484. The van der Waals surface area contributed by atoms with Crippen molar-refractivity contribution in [3.05, 3.63) is 34.4 Å². The van der Waals surface area contributed by atoms with Crippen molar-refractivity contribution < 1.29 is 20.4 Å². The number of aryl methyl sites for hydroxylation is 1. The van der Waals surface area contributed by atoms with Gasteiger partial charge in [-0.25, -0.2) is 0 Å². The van der Waals surface area contributed by atoms with Gasteiger partial charge in [0.15, 0.2) is 0 Å². The molecule has 0 aliphatic heterocycles. The standard InChI is InChI=1S/C20H34O4/c1-6-14(4)16-8-13(3)9-17(15(5)7-2)18(16)19(24)20(10-21,11-22)12-23/h8-9,14-15,19,21-24H,6-7,10-12H2,1-5H3. The average Bonchev–Trinajstić information content (AvgIpc) is 2.61. The van der Waals surface area contributed by atoms with Crippen LogP contribution in [0.5, 0.6) is 0 Å². The fourth-order valence-corrected chi connectivity index (χ4v) is 3.14. The average molecular weight is 338 g/mol. The molecular formula is C20H34O4. The van der Waals surface area contributed by atoms with E-state index >= 15 is 0 Å². The van der Waals surface area contributed by atoms with Crippen LogP contribution in [0.25, 0.3) is 0 Å². The van der Waals surface area contributed by atoms with Crippen LogP contribution < -0.4 is 0 Å². The lowest BCUT2D eigenvalue weighted by molar-refractivity contribution is -0.0859. The zero-order valence-corrected chi connectivity index (χ0v) is 15.7. The van der Waals surface area contributed by atoms with Crippen LogP contribution in [0.15, 0.2) is 12.1 Å². The first-order chi connectivity index (χ1) is 11.3. The lowest BCUT2D eigenvalue weighted by Gasteiger charge is -2.37. The highest BCUT2D eigenvalue weighted by Gasteiger charge is 2.40. The van der Waals surface area contributed by atoms with Crippen LogP contribution in [0.1, 0.15) is 80.7 Å². The van der Waals surface area contributed by atoms with E-state index in [0.29, 0.717) is 0 Å². The van der Waals surface area contributed by atoms with Gasteiger partial charge in [0.1, 0.15) is 0 Å². The first-order valence-corrected chi connectivity index (χ1v) is 8.96. The summed E-state index contributed by atoms with van der Waals surface area (Å²) in [5, 5.41) is 40.4. The van der Waals surface area contributed by atoms with E-state index in [1.165, 1.54) is 0 Å². The zero-order chi connectivity index (χ0) is 18.5. The fourth-order valence-electron chi connectivity index (χ4n) is 3.14. The molecule has 4 heteroatoms. The second-order valence-corrected chi connectivity index (χ2v) is 7.21. The molecule has 3 unspecified atom stereocenters. The highest BCUT2D eigenvalue weighted by molar-refractivity contribution is 5.45. The molecule has 1 aromatic carbocycles. The summed E-state index contributed by atoms with van der Waals surface area (Å²) < 4.78 is 0. The van der Waals surface area contributed by atoms with E-state index in [1.54, 1.807) is 0 Å². The van der Waals surface area contributed by atoms with Gasteiger partial charge < -0.3 is 20.4 Å². The molecule has 24 heavy (non-hydrogen) atoms. The minimum atomic E-state index is -1.35. The Labute approximate surface area is 146 Å². The van der Waals surface area contributed by atoms with Crippen molar-refractivity contribution in [1.82, 2.24) is 0 Å². The largest absolute Gasteiger partial charge is 0.395 e. The van der Waals surface area contributed by atoms with Crippen molar-refractivity contribution >= 4 is 0 Å². The molecule has 0 fully saturated rings. The van der Waals surface area contributed by atoms with Gasteiger partial charge in [-0.2, -0.15) is 0 Å². The molecule has 0 radical (unpaired) electrons. The second-order valence-electron chi connectivity index (χ2n) is 7.21. The molecule has 1 aromatic rings. The molecule has 138 valence electrons. The van der Waals surface area contributed by atoms with Gasteiger partial charge in [-0.1, -0.05) is 45.4 Å². The van der Waals surface area contributed by atoms with E-state index in [-0.39, 0.29) is 11.8 Å². The molecule has 0 amide bonds. The van der Waals surface area contributed by atoms with Crippen LogP contribution in [-0.2, 0) is 0 Å². The molecule has 0 heterocycles. The van der Waals surface area contributed by atoms with Crippen LogP contribution >= 0.6 is 0 Å². The molecule has 4 nitrogen and oxygen atoms in total. The Hall–Kier alpha value is -0.940. The van der Waals surface area contributed by atoms with E-state index in [4.69, 9.17) is 0 Å². The van der Waals surface area contributed by atoms with Crippen molar-refractivity contribution in [3.8, 4) is 0 Å². The molecule has 0 aliphatic rings. The maximum Gasteiger partial charge on any atom is 0.0918 e. The Morgan fingerprint density at radius 3 is 1.54 bits per heavy atom. The molecule has 0 spiro atoms. The Morgan fingerprint density at radius 2 is 1.25 bits per heavy atom. The molecule has 1 rings (SSSR count). The van der Waals surface area contributed by atoms with Crippen LogP contribution in [0, 0.1) is 12.3 Å². The maximum absolute atomic E-state index is 11.1. The minimum Gasteiger partial charge on any atom is -0.395 e. The minimum absolute atomic E-state index is 0.242. The third-order valence-electron chi connectivity index (χ3n) is 5.47. The highest BCUT2D eigenvalue weighted by atomic mass is 16.3. The number of hydrogen-bond acceptors (Lipinski definition) is 4. The van der Waals surface area contributed by atoms with Gasteiger partial charge in [0.05, 0.1) is 31.3 Å². The number of aliphatic hydroxyl groups is 4. The predicted octanol–water partition coefficient (Wildman–Crippen LogP) is 3.02. The number of rotatable bonds is 9. The molecule has 0 aromatic heterocycles. The lowest BCUT2D eigenvalue weighted by atomic mass is 9.73. The van der Waals surface area contributed by atoms with E-state index in [0.717, 1.165) is 35.1 Å². The molecule has 4 N–H and O–H groups in total. The third kappa shape index (κ3) is 3.99. The fraction of sp³-hybridized carbons (Fsp3) is 0.700. The van der Waals surface area contributed by atoms with E-state index < -0.39 is 31.3 Å². The maximum atomic E-state index is 11.1. The van der Waals surface area contributed by atoms with Crippen molar-refractivity contribution in [3.63, 3.8) is 0 Å². The molecule has 0 saturated heterocycles. The predicted molar refractivity (Wildman–Crippen MR) is 97.2 cm³/mol. The van der Waals surface area contributed by atoms with Crippen molar-refractivity contribution in [2.45, 2.75) is 65.4 Å². The number of benzene rings is 1. The molecule has 0 bridgehead atoms. The van der Waals surface area contributed by atoms with E-state index in [2.05, 4.69) is 39.8 Å². The molecule has 3 atom stereocenters. The summed E-state index contributed by atoms with van der Waals surface area (Å²) in [4.78, 5) is 0. The third-order valence-corrected chi connectivity index (χ3v) is 5.47. The first kappa shape index (κ1) is 21.1. The van der Waals surface area contributed by atoms with Crippen LogP contribution in [0.4, 0.5) is 0 Å². The van der Waals surface area contributed by atoms with Gasteiger partial charge >= 0.3 is 0 Å². The Balaban J connectivity index is 3.68. The monoisotopic (exact) mass is 338 g/mol. The molecule has 0 aliphatic carbocycles. The second kappa shape index (κ2) is 8.95. The SMILES string of the molecule is CCC(C)c1cc(C)cc(C(C)CC)c1C(O)C(CO)(CO)CO. The highest BCUT2D eigenvalue weighted by Crippen LogP contribution is 2.42. The van der Waals surface area contributed by atoms with Gasteiger partial charge in [-0.05, 0) is 48.3 Å². The van der Waals surface area contributed by atoms with E-state index in [9.17, 15) is 20.4 Å². The molecule has 0 saturated carbocycles. The summed E-state index contributed by atoms with van der Waals surface area (Å²) in [6, 6.07) is 4.16. The van der Waals surface area contributed by atoms with Crippen molar-refractivity contribution in [1.29, 1.82) is 0 Å². The normalized spacial score (nSPS) is 16.0. The lowest BCUT2D eigenvalue weighted by Crippen LogP contribution is -2.41. The van der Waals surface area contributed by atoms with Gasteiger partial charge in [-0.15, -0.1) is 0 Å². The smallest absolute Gasteiger partial charge is 0.0918 e. The zero-order valence-electron chi connectivity index (χ0n) is 15.7. The van der Waals surface area contributed by atoms with Crippen molar-refractivity contribution in [2.75, 3.05) is 19.8 Å². The Morgan fingerprint density at radius 1 is 0.875 bits per heavy atom. The summed E-state index contributed by atoms with van der Waals surface area (Å²) in [6.07, 6.45) is 0.729. The Kier molecular flexibility index (Phi) is 7.87. The topological polar surface area (TPSA) is 80.9 Å². The summed E-state index contributed by atoms with van der Waals surface area (Å²) >= 11 is 0. The van der Waals surface area contributed by atoms with Gasteiger partial charge in [0.25, 0.3) is 0 Å². The van der Waals surface area contributed by atoms with Gasteiger partial charge in [0, 0.05) is 0 Å². The van der Waals surface area contributed by atoms with Crippen LogP contribution in [0.2, 0.25) is 0 Å². The van der Waals surface area contributed by atoms with Gasteiger partial charge in [-0.3, -0.25) is 0 Å². The van der Waals surface area contributed by atoms with E-state index in [1.807, 2.05) is 6.92 Å². The quantitative estimate of drug-likeness (QED) is 0.558.